The monoisotopic (exact) mass is 438 g/mol. The number of pyridine rings is 2. The molecule has 2 heterocycles. The van der Waals surface area contributed by atoms with E-state index in [9.17, 15) is 20.4 Å². The van der Waals surface area contributed by atoms with E-state index in [2.05, 4.69) is 9.97 Å². The summed E-state index contributed by atoms with van der Waals surface area (Å²) in [5.74, 6) is 0. The van der Waals surface area contributed by atoms with Gasteiger partial charge in [0.25, 0.3) is 0 Å². The van der Waals surface area contributed by atoms with Gasteiger partial charge in [0.15, 0.2) is 0 Å². The molecule has 0 unspecified atom stereocenters. The van der Waals surface area contributed by atoms with Crippen LogP contribution in [0.5, 0.6) is 0 Å². The molecule has 0 amide bonds. The molecule has 4 N–H and O–H groups in total. The minimum Gasteiger partial charge on any atom is -0.384 e. The summed E-state index contributed by atoms with van der Waals surface area (Å²) in [7, 11) is 0. The Labute approximate surface area is 188 Å². The quantitative estimate of drug-likeness (QED) is 0.547. The summed E-state index contributed by atoms with van der Waals surface area (Å²) in [6, 6.07) is 10.6. The molecule has 0 aromatic carbocycles. The van der Waals surface area contributed by atoms with Gasteiger partial charge in [-0.1, -0.05) is 12.1 Å². The number of aliphatic hydroxyl groups is 4. The van der Waals surface area contributed by atoms with E-state index in [0.717, 1.165) is 0 Å². The maximum Gasteiger partial charge on any atom is 0.101 e. The first-order chi connectivity index (χ1) is 12.4. The van der Waals surface area contributed by atoms with E-state index in [-0.39, 0.29) is 21.7 Å². The molecule has 0 fully saturated rings. The van der Waals surface area contributed by atoms with Crippen molar-refractivity contribution >= 4 is 0 Å². The molecule has 0 bridgehead atoms. The maximum absolute atomic E-state index is 9.74. The van der Waals surface area contributed by atoms with Crippen LogP contribution in [-0.2, 0) is 44.1 Å². The van der Waals surface area contributed by atoms with Crippen LogP contribution in [0.2, 0.25) is 0 Å². The third-order valence-electron chi connectivity index (χ3n) is 4.01. The average molecular weight is 438 g/mol. The van der Waals surface area contributed by atoms with Crippen LogP contribution in [0.15, 0.2) is 36.4 Å². The zero-order valence-corrected chi connectivity index (χ0v) is 20.2. The smallest absolute Gasteiger partial charge is 0.101 e. The van der Waals surface area contributed by atoms with Crippen molar-refractivity contribution in [3.8, 4) is 0 Å². The molecule has 0 atom stereocenters. The topological polar surface area (TPSA) is 107 Å². The molecule has 160 valence electrons. The standard InChI is InChI=1S/2C11H17NO2.Ti/c2*1-10(2,13)8-6-5-7-9(12-8)11(3,4)14;/h2*5-7,13-14H,1-4H3;. The predicted octanol–water partition coefficient (Wildman–Crippen LogP) is 3.07. The van der Waals surface area contributed by atoms with Crippen LogP contribution in [0.1, 0.15) is 78.2 Å². The van der Waals surface area contributed by atoms with Gasteiger partial charge in [0.05, 0.1) is 22.8 Å². The van der Waals surface area contributed by atoms with E-state index in [1.807, 2.05) is 0 Å². The molecule has 0 aliphatic rings. The molecule has 0 aliphatic heterocycles. The second kappa shape index (κ2) is 9.77. The fraction of sp³-hybridized carbons (Fsp3) is 0.545. The van der Waals surface area contributed by atoms with Crippen molar-refractivity contribution in [3.63, 3.8) is 0 Å². The molecule has 0 radical (unpaired) electrons. The Morgan fingerprint density at radius 1 is 0.483 bits per heavy atom. The first-order valence-corrected chi connectivity index (χ1v) is 9.28. The third kappa shape index (κ3) is 9.03. The van der Waals surface area contributed by atoms with Crippen molar-refractivity contribution in [1.29, 1.82) is 0 Å². The predicted molar refractivity (Wildman–Crippen MR) is 109 cm³/mol. The molecule has 29 heavy (non-hydrogen) atoms. The first-order valence-electron chi connectivity index (χ1n) is 9.28. The van der Waals surface area contributed by atoms with Gasteiger partial charge in [-0.15, -0.1) is 0 Å². The minimum absolute atomic E-state index is 0. The maximum atomic E-state index is 9.74. The Bertz CT molecular complexity index is 657. The summed E-state index contributed by atoms with van der Waals surface area (Å²) in [6.45, 7) is 13.4. The van der Waals surface area contributed by atoms with Gasteiger partial charge < -0.3 is 20.4 Å². The Kier molecular flexibility index (Phi) is 9.39. The van der Waals surface area contributed by atoms with Crippen LogP contribution >= 0.6 is 0 Å². The van der Waals surface area contributed by atoms with Gasteiger partial charge in [-0.2, -0.15) is 0 Å². The molecule has 7 heteroatoms. The van der Waals surface area contributed by atoms with Crippen LogP contribution in [0.4, 0.5) is 0 Å². The number of hydrogen-bond donors (Lipinski definition) is 4. The van der Waals surface area contributed by atoms with Crippen molar-refractivity contribution in [1.82, 2.24) is 9.97 Å². The molecular formula is C22H34N2O4Ti. The van der Waals surface area contributed by atoms with E-state index < -0.39 is 22.4 Å². The second-order valence-corrected chi connectivity index (χ2v) is 9.05. The molecule has 2 rings (SSSR count). The fourth-order valence-corrected chi connectivity index (χ4v) is 2.23. The molecular weight excluding hydrogens is 404 g/mol. The van der Waals surface area contributed by atoms with Gasteiger partial charge in [0, 0.05) is 21.7 Å². The summed E-state index contributed by atoms with van der Waals surface area (Å²) >= 11 is 0. The van der Waals surface area contributed by atoms with Crippen LogP contribution in [0.3, 0.4) is 0 Å². The number of nitrogens with zero attached hydrogens (tertiary/aromatic N) is 2. The Morgan fingerprint density at radius 2 is 0.655 bits per heavy atom. The molecule has 0 aliphatic carbocycles. The zero-order chi connectivity index (χ0) is 22.0. The Hall–Kier alpha value is -1.15. The van der Waals surface area contributed by atoms with Crippen molar-refractivity contribution < 1.29 is 42.1 Å². The molecule has 0 saturated heterocycles. The molecule has 0 spiro atoms. The normalized spacial score (nSPS) is 12.6. The van der Waals surface area contributed by atoms with E-state index in [1.165, 1.54) is 0 Å². The SMILES string of the molecule is CC(C)(O)c1cccc(C(C)(C)O)n1.CC(C)(O)c1cccc(C(C)(C)O)n1.[Ti]. The van der Waals surface area contributed by atoms with Gasteiger partial charge in [-0.3, -0.25) is 9.97 Å². The van der Waals surface area contributed by atoms with Crippen LogP contribution in [0.25, 0.3) is 0 Å². The van der Waals surface area contributed by atoms with Crippen LogP contribution in [-0.4, -0.2) is 30.4 Å². The summed E-state index contributed by atoms with van der Waals surface area (Å²) in [5, 5.41) is 38.9. The van der Waals surface area contributed by atoms with Crippen molar-refractivity contribution in [2.75, 3.05) is 0 Å². The molecule has 2 aromatic rings. The molecule has 0 saturated carbocycles. The van der Waals surface area contributed by atoms with Gasteiger partial charge in [0.1, 0.15) is 22.4 Å². The Morgan fingerprint density at radius 3 is 0.793 bits per heavy atom. The van der Waals surface area contributed by atoms with Crippen molar-refractivity contribution in [3.05, 3.63) is 59.2 Å². The average Bonchev–Trinajstić information content (AvgIpc) is 2.52. The van der Waals surface area contributed by atoms with Gasteiger partial charge in [0.2, 0.25) is 0 Å². The van der Waals surface area contributed by atoms with E-state index >= 15 is 0 Å². The van der Waals surface area contributed by atoms with E-state index in [4.69, 9.17) is 0 Å². The summed E-state index contributed by atoms with van der Waals surface area (Å²) in [5.41, 5.74) is -1.62. The van der Waals surface area contributed by atoms with E-state index in [1.54, 1.807) is 91.8 Å². The minimum atomic E-state index is -0.971. The van der Waals surface area contributed by atoms with E-state index in [0.29, 0.717) is 22.8 Å². The van der Waals surface area contributed by atoms with Gasteiger partial charge >= 0.3 is 0 Å². The molecule has 6 nitrogen and oxygen atoms in total. The molecule has 2 aromatic heterocycles. The zero-order valence-electron chi connectivity index (χ0n) is 18.6. The largest absolute Gasteiger partial charge is 0.384 e. The van der Waals surface area contributed by atoms with Crippen LogP contribution in [0, 0.1) is 0 Å². The summed E-state index contributed by atoms with van der Waals surface area (Å²) < 4.78 is 0. The van der Waals surface area contributed by atoms with Crippen LogP contribution < -0.4 is 0 Å². The van der Waals surface area contributed by atoms with Gasteiger partial charge in [-0.05, 0) is 79.7 Å². The van der Waals surface area contributed by atoms with Crippen molar-refractivity contribution in [2.24, 2.45) is 0 Å². The Balaban J connectivity index is 0.000000523. The van der Waals surface area contributed by atoms with Crippen molar-refractivity contribution in [2.45, 2.75) is 77.8 Å². The summed E-state index contributed by atoms with van der Waals surface area (Å²) in [6.07, 6.45) is 0. The second-order valence-electron chi connectivity index (χ2n) is 9.05. The number of rotatable bonds is 4. The summed E-state index contributed by atoms with van der Waals surface area (Å²) in [4.78, 5) is 8.43. The number of aromatic nitrogens is 2. The van der Waals surface area contributed by atoms with Gasteiger partial charge in [-0.25, -0.2) is 0 Å². The fourth-order valence-electron chi connectivity index (χ4n) is 2.23. The number of hydrogen-bond acceptors (Lipinski definition) is 6. The third-order valence-corrected chi connectivity index (χ3v) is 4.01. The first kappa shape index (κ1) is 27.9.